The van der Waals surface area contributed by atoms with E-state index < -0.39 is 5.54 Å². The summed E-state index contributed by atoms with van der Waals surface area (Å²) in [5, 5.41) is 0. The topological polar surface area (TPSA) is 90.5 Å². The van der Waals surface area contributed by atoms with Gasteiger partial charge in [-0.1, -0.05) is 6.07 Å². The molecule has 3 atom stereocenters. The molecule has 2 aliphatic rings. The molecule has 2 N–H and O–H groups in total. The number of carbonyl (C=O) groups is 1. The normalized spacial score (nSPS) is 26.5. The summed E-state index contributed by atoms with van der Waals surface area (Å²) < 4.78 is 20.0. The third-order valence-corrected chi connectivity index (χ3v) is 5.08. The highest BCUT2D eigenvalue weighted by molar-refractivity contribution is 5.95. The Labute approximate surface area is 150 Å². The number of hydrogen-bond acceptors (Lipinski definition) is 6. The van der Waals surface area contributed by atoms with Crippen LogP contribution in [0.25, 0.3) is 0 Å². The summed E-state index contributed by atoms with van der Waals surface area (Å²) in [7, 11) is 0. The Hall–Kier alpha value is -2.83. The minimum atomic E-state index is -0.778. The van der Waals surface area contributed by atoms with Gasteiger partial charge in [-0.2, -0.15) is 0 Å². The molecule has 1 aliphatic carbocycles. The molecular formula is C19H19FN4O2. The van der Waals surface area contributed by atoms with Crippen LogP contribution in [0.3, 0.4) is 0 Å². The van der Waals surface area contributed by atoms with Gasteiger partial charge >= 0.3 is 0 Å². The molecule has 0 amide bonds. The summed E-state index contributed by atoms with van der Waals surface area (Å²) in [6.07, 6.45) is 3.91. The monoisotopic (exact) mass is 354 g/mol. The number of aromatic nitrogens is 2. The van der Waals surface area contributed by atoms with Gasteiger partial charge in [-0.15, -0.1) is 0 Å². The Morgan fingerprint density at radius 3 is 2.92 bits per heavy atom. The molecule has 2 aromatic rings. The lowest BCUT2D eigenvalue weighted by atomic mass is 9.85. The fourth-order valence-electron chi connectivity index (χ4n) is 3.53. The van der Waals surface area contributed by atoms with Gasteiger partial charge in [-0.05, 0) is 38.0 Å². The second-order valence-corrected chi connectivity index (χ2v) is 7.05. The number of aliphatic imine (C=N–C) groups is 1. The van der Waals surface area contributed by atoms with E-state index in [4.69, 9.17) is 10.5 Å². The van der Waals surface area contributed by atoms with Gasteiger partial charge in [0, 0.05) is 24.1 Å². The number of benzene rings is 1. The minimum absolute atomic E-state index is 0.00924. The number of amidine groups is 1. The van der Waals surface area contributed by atoms with Gasteiger partial charge in [-0.25, -0.2) is 14.4 Å². The van der Waals surface area contributed by atoms with Crippen LogP contribution in [0.15, 0.2) is 35.6 Å². The van der Waals surface area contributed by atoms with E-state index in [1.807, 2.05) is 6.92 Å². The van der Waals surface area contributed by atoms with Gasteiger partial charge in [-0.3, -0.25) is 9.78 Å². The Balaban J connectivity index is 1.64. The Morgan fingerprint density at radius 2 is 2.19 bits per heavy atom. The number of carbonyl (C=O) groups excluding carboxylic acids is 1. The summed E-state index contributed by atoms with van der Waals surface area (Å²) in [5.41, 5.74) is 7.16. The number of aryl methyl sites for hydroxylation is 1. The molecule has 4 rings (SSSR count). The number of halogens is 1. The molecule has 7 heteroatoms. The predicted octanol–water partition coefficient (Wildman–Crippen LogP) is 2.30. The zero-order chi connectivity index (χ0) is 18.5. The molecule has 0 bridgehead atoms. The van der Waals surface area contributed by atoms with Crippen molar-refractivity contribution in [3.05, 3.63) is 58.9 Å². The summed E-state index contributed by atoms with van der Waals surface area (Å²) >= 11 is 0. The van der Waals surface area contributed by atoms with Crippen LogP contribution in [0.1, 0.15) is 40.7 Å². The fraction of sp³-hybridized carbons (Fsp3) is 0.368. The third kappa shape index (κ3) is 2.83. The van der Waals surface area contributed by atoms with Crippen molar-refractivity contribution in [2.75, 3.05) is 0 Å². The first kappa shape index (κ1) is 16.6. The summed E-state index contributed by atoms with van der Waals surface area (Å²) in [6.45, 7) is 3.67. The van der Waals surface area contributed by atoms with Crippen LogP contribution in [0, 0.1) is 18.7 Å². The average molecular weight is 354 g/mol. The molecule has 1 aliphatic heterocycles. The number of ketones is 1. The minimum Gasteiger partial charge on any atom is -0.462 e. The molecule has 2 heterocycles. The number of fused-ring (bicyclic) bond motifs is 1. The van der Waals surface area contributed by atoms with E-state index in [9.17, 15) is 9.18 Å². The Kier molecular flexibility index (Phi) is 3.75. The van der Waals surface area contributed by atoms with E-state index in [1.165, 1.54) is 12.3 Å². The first-order chi connectivity index (χ1) is 12.4. The molecule has 6 nitrogen and oxygen atoms in total. The Morgan fingerprint density at radius 1 is 1.38 bits per heavy atom. The lowest BCUT2D eigenvalue weighted by molar-refractivity contribution is 0.0987. The van der Waals surface area contributed by atoms with E-state index in [2.05, 4.69) is 15.0 Å². The fourth-order valence-corrected chi connectivity index (χ4v) is 3.53. The van der Waals surface area contributed by atoms with E-state index in [0.717, 1.165) is 12.1 Å². The predicted molar refractivity (Wildman–Crippen MR) is 93.2 cm³/mol. The highest BCUT2D eigenvalue weighted by atomic mass is 19.1. The second-order valence-electron chi connectivity index (χ2n) is 7.05. The zero-order valence-corrected chi connectivity index (χ0v) is 14.6. The number of nitrogens with two attached hydrogens (primary N) is 1. The molecule has 0 radical (unpaired) electrons. The quantitative estimate of drug-likeness (QED) is 0.851. The molecule has 1 fully saturated rings. The van der Waals surface area contributed by atoms with Gasteiger partial charge in [0.05, 0.1) is 17.4 Å². The van der Waals surface area contributed by atoms with E-state index >= 15 is 0 Å². The SMILES string of the molecule is Cc1cnc(C(=O)Cc2ccc(F)c([C@]3(C)N=C(N)O[C@@H]4C[C@@H]43)c2)cn1. The zero-order valence-electron chi connectivity index (χ0n) is 14.6. The maximum Gasteiger partial charge on any atom is 0.283 e. The largest absolute Gasteiger partial charge is 0.462 e. The first-order valence-corrected chi connectivity index (χ1v) is 8.49. The number of Topliss-reactive ketones (excluding diaryl/α,β-unsaturated/α-hetero) is 1. The van der Waals surface area contributed by atoms with Crippen molar-refractivity contribution in [3.63, 3.8) is 0 Å². The molecule has 1 saturated carbocycles. The van der Waals surface area contributed by atoms with Gasteiger partial charge in [0.2, 0.25) is 0 Å². The number of hydrogen-bond donors (Lipinski definition) is 1. The molecule has 134 valence electrons. The van der Waals surface area contributed by atoms with E-state index in [-0.39, 0.29) is 36.1 Å². The van der Waals surface area contributed by atoms with Crippen LogP contribution < -0.4 is 5.73 Å². The van der Waals surface area contributed by atoms with Crippen LogP contribution in [0.5, 0.6) is 0 Å². The van der Waals surface area contributed by atoms with Crippen molar-refractivity contribution in [2.24, 2.45) is 16.6 Å². The summed E-state index contributed by atoms with van der Waals surface area (Å²) in [6, 6.07) is 4.77. The second kappa shape index (κ2) is 5.86. The summed E-state index contributed by atoms with van der Waals surface area (Å²) in [4.78, 5) is 25.0. The van der Waals surface area contributed by atoms with Crippen molar-refractivity contribution >= 4 is 11.8 Å². The Bertz CT molecular complexity index is 912. The first-order valence-electron chi connectivity index (χ1n) is 8.49. The van der Waals surface area contributed by atoms with Crippen molar-refractivity contribution in [1.82, 2.24) is 9.97 Å². The molecular weight excluding hydrogens is 335 g/mol. The van der Waals surface area contributed by atoms with Gasteiger partial charge in [0.1, 0.15) is 17.6 Å². The maximum absolute atomic E-state index is 14.6. The molecule has 0 unspecified atom stereocenters. The standard InChI is InChI=1S/C19H19FN4O2/c1-10-8-23-15(9-22-10)16(25)6-11-3-4-14(20)12(5-11)19(2)13-7-17(13)26-18(21)24-19/h3-5,8-9,13,17H,6-7H2,1-2H3,(H2,21,24)/t13-,17+,19-/m0/s1. The van der Waals surface area contributed by atoms with E-state index in [1.54, 1.807) is 25.3 Å². The van der Waals surface area contributed by atoms with Crippen LogP contribution in [-0.2, 0) is 16.7 Å². The molecule has 0 saturated heterocycles. The molecule has 26 heavy (non-hydrogen) atoms. The highest BCUT2D eigenvalue weighted by Crippen LogP contribution is 2.53. The van der Waals surface area contributed by atoms with Crippen molar-refractivity contribution in [1.29, 1.82) is 0 Å². The average Bonchev–Trinajstić information content (AvgIpc) is 3.37. The number of nitrogens with zero attached hydrogens (tertiary/aromatic N) is 3. The lowest BCUT2D eigenvalue weighted by Crippen LogP contribution is -2.35. The van der Waals surface area contributed by atoms with Gasteiger partial charge < -0.3 is 10.5 Å². The number of ether oxygens (including phenoxy) is 1. The van der Waals surface area contributed by atoms with Crippen molar-refractivity contribution in [2.45, 2.75) is 38.3 Å². The molecule has 1 aromatic carbocycles. The molecule has 1 aromatic heterocycles. The van der Waals surface area contributed by atoms with Gasteiger partial charge in [0.15, 0.2) is 5.78 Å². The maximum atomic E-state index is 14.6. The van der Waals surface area contributed by atoms with E-state index in [0.29, 0.717) is 16.8 Å². The summed E-state index contributed by atoms with van der Waals surface area (Å²) in [5.74, 6) is -0.430. The smallest absolute Gasteiger partial charge is 0.283 e. The van der Waals surface area contributed by atoms with Crippen LogP contribution in [0.4, 0.5) is 4.39 Å². The van der Waals surface area contributed by atoms with Crippen molar-refractivity contribution in [3.8, 4) is 0 Å². The third-order valence-electron chi connectivity index (χ3n) is 5.08. The van der Waals surface area contributed by atoms with Crippen LogP contribution in [-0.4, -0.2) is 27.9 Å². The van der Waals surface area contributed by atoms with Gasteiger partial charge in [0.25, 0.3) is 6.02 Å². The van der Waals surface area contributed by atoms with Crippen molar-refractivity contribution < 1.29 is 13.9 Å². The highest BCUT2D eigenvalue weighted by Gasteiger charge is 2.57. The van der Waals surface area contributed by atoms with Crippen LogP contribution in [0.2, 0.25) is 0 Å². The number of rotatable bonds is 4. The molecule has 0 spiro atoms. The van der Waals surface area contributed by atoms with Crippen LogP contribution >= 0.6 is 0 Å². The lowest BCUT2D eigenvalue weighted by Gasteiger charge is -2.30.